The Bertz CT molecular complexity index is 870. The lowest BCUT2D eigenvalue weighted by Gasteiger charge is -2.24. The second-order valence-electron chi connectivity index (χ2n) is 6.26. The van der Waals surface area contributed by atoms with E-state index in [2.05, 4.69) is 5.32 Å². The van der Waals surface area contributed by atoms with Crippen molar-refractivity contribution in [2.24, 2.45) is 0 Å². The molecule has 1 saturated heterocycles. The molecular formula is C19H17ClN2O4. The van der Waals surface area contributed by atoms with Crippen molar-refractivity contribution in [1.29, 1.82) is 0 Å². The van der Waals surface area contributed by atoms with Gasteiger partial charge in [0, 0.05) is 23.7 Å². The normalized spacial score (nSPS) is 18.3. The number of hydrogen-bond donors (Lipinski definition) is 1. The predicted molar refractivity (Wildman–Crippen MR) is 96.2 cm³/mol. The lowest BCUT2D eigenvalue weighted by Crippen LogP contribution is -2.41. The van der Waals surface area contributed by atoms with Crippen molar-refractivity contribution in [1.82, 2.24) is 4.90 Å². The van der Waals surface area contributed by atoms with Gasteiger partial charge in [0.25, 0.3) is 0 Å². The Kier molecular flexibility index (Phi) is 4.42. The first-order valence-corrected chi connectivity index (χ1v) is 8.72. The zero-order valence-electron chi connectivity index (χ0n) is 13.9. The summed E-state index contributed by atoms with van der Waals surface area (Å²) in [6.07, 6.45) is 0.855. The lowest BCUT2D eigenvalue weighted by atomic mass is 10.1. The van der Waals surface area contributed by atoms with Crippen LogP contribution in [-0.2, 0) is 16.1 Å². The van der Waals surface area contributed by atoms with Crippen LogP contribution in [0.25, 0.3) is 0 Å². The minimum absolute atomic E-state index is 0.0334. The first kappa shape index (κ1) is 16.7. The van der Waals surface area contributed by atoms with Crippen LogP contribution in [0, 0.1) is 0 Å². The maximum Gasteiger partial charge on any atom is 0.247 e. The number of halogens is 1. The molecule has 0 saturated carbocycles. The van der Waals surface area contributed by atoms with E-state index in [1.807, 2.05) is 18.2 Å². The van der Waals surface area contributed by atoms with Crippen molar-refractivity contribution >= 4 is 29.1 Å². The molecule has 2 aliphatic heterocycles. The molecule has 1 atom stereocenters. The molecular weight excluding hydrogens is 356 g/mol. The molecule has 1 N–H and O–H groups in total. The molecule has 2 heterocycles. The van der Waals surface area contributed by atoms with Crippen LogP contribution in [0.2, 0.25) is 5.02 Å². The van der Waals surface area contributed by atoms with Gasteiger partial charge in [-0.15, -0.1) is 0 Å². The van der Waals surface area contributed by atoms with Crippen molar-refractivity contribution in [3.63, 3.8) is 0 Å². The molecule has 26 heavy (non-hydrogen) atoms. The van der Waals surface area contributed by atoms with E-state index >= 15 is 0 Å². The van der Waals surface area contributed by atoms with Crippen LogP contribution in [0.3, 0.4) is 0 Å². The summed E-state index contributed by atoms with van der Waals surface area (Å²) >= 11 is 5.96. The quantitative estimate of drug-likeness (QED) is 0.894. The van der Waals surface area contributed by atoms with Crippen LogP contribution in [0.1, 0.15) is 18.4 Å². The fourth-order valence-electron chi connectivity index (χ4n) is 3.23. The highest BCUT2D eigenvalue weighted by Crippen LogP contribution is 2.33. The number of fused-ring (bicyclic) bond motifs is 1. The van der Waals surface area contributed by atoms with Crippen molar-refractivity contribution in [2.75, 3.05) is 12.1 Å². The standard InChI is InChI=1S/C19H17ClN2O4/c20-13-2-1-3-14(9-13)21-19(24)15-5-7-18(23)22(15)10-12-4-6-16-17(8-12)26-11-25-16/h1-4,6,8-9,15H,5,7,10-11H2,(H,21,24). The minimum Gasteiger partial charge on any atom is -0.454 e. The van der Waals surface area contributed by atoms with Gasteiger partial charge in [0.2, 0.25) is 18.6 Å². The van der Waals surface area contributed by atoms with E-state index in [1.54, 1.807) is 29.2 Å². The second kappa shape index (κ2) is 6.88. The SMILES string of the molecule is O=C(Nc1cccc(Cl)c1)C1CCC(=O)N1Cc1ccc2c(c1)OCO2. The van der Waals surface area contributed by atoms with Crippen molar-refractivity contribution in [3.8, 4) is 11.5 Å². The Labute approximate surface area is 155 Å². The van der Waals surface area contributed by atoms with Crippen molar-refractivity contribution in [2.45, 2.75) is 25.4 Å². The Balaban J connectivity index is 1.49. The number of amides is 2. The van der Waals surface area contributed by atoms with E-state index in [0.717, 1.165) is 5.56 Å². The number of carbonyl (C=O) groups excluding carboxylic acids is 2. The summed E-state index contributed by atoms with van der Waals surface area (Å²) in [5.74, 6) is 1.11. The van der Waals surface area contributed by atoms with Crippen LogP contribution < -0.4 is 14.8 Å². The van der Waals surface area contributed by atoms with E-state index in [1.165, 1.54) is 0 Å². The number of benzene rings is 2. The molecule has 4 rings (SSSR count). The highest BCUT2D eigenvalue weighted by molar-refractivity contribution is 6.30. The number of anilines is 1. The van der Waals surface area contributed by atoms with Gasteiger partial charge in [-0.2, -0.15) is 0 Å². The molecule has 1 unspecified atom stereocenters. The largest absolute Gasteiger partial charge is 0.454 e. The Morgan fingerprint density at radius 1 is 1.19 bits per heavy atom. The number of likely N-dealkylation sites (tertiary alicyclic amines) is 1. The highest BCUT2D eigenvalue weighted by atomic mass is 35.5. The molecule has 6 nitrogen and oxygen atoms in total. The summed E-state index contributed by atoms with van der Waals surface area (Å²) in [6.45, 7) is 0.551. The Morgan fingerprint density at radius 2 is 2.04 bits per heavy atom. The van der Waals surface area contributed by atoms with E-state index in [-0.39, 0.29) is 18.6 Å². The first-order chi connectivity index (χ1) is 12.6. The van der Waals surface area contributed by atoms with E-state index in [4.69, 9.17) is 21.1 Å². The molecule has 0 radical (unpaired) electrons. The molecule has 2 amide bonds. The third-order valence-electron chi connectivity index (χ3n) is 4.51. The van der Waals surface area contributed by atoms with Gasteiger partial charge in [-0.3, -0.25) is 9.59 Å². The second-order valence-corrected chi connectivity index (χ2v) is 6.70. The van der Waals surface area contributed by atoms with Gasteiger partial charge in [0.15, 0.2) is 11.5 Å². The van der Waals surface area contributed by atoms with Gasteiger partial charge in [0.1, 0.15) is 6.04 Å². The van der Waals surface area contributed by atoms with Gasteiger partial charge in [-0.25, -0.2) is 0 Å². The van der Waals surface area contributed by atoms with Crippen LogP contribution in [0.5, 0.6) is 11.5 Å². The number of nitrogens with one attached hydrogen (secondary N) is 1. The summed E-state index contributed by atoms with van der Waals surface area (Å²) < 4.78 is 10.7. The summed E-state index contributed by atoms with van der Waals surface area (Å²) in [7, 11) is 0. The molecule has 0 bridgehead atoms. The van der Waals surface area contributed by atoms with Crippen LogP contribution in [-0.4, -0.2) is 29.5 Å². The monoisotopic (exact) mass is 372 g/mol. The molecule has 2 aliphatic rings. The molecule has 2 aromatic carbocycles. The lowest BCUT2D eigenvalue weighted by molar-refractivity contribution is -0.133. The Morgan fingerprint density at radius 3 is 2.88 bits per heavy atom. The van der Waals surface area contributed by atoms with Crippen LogP contribution in [0.4, 0.5) is 5.69 Å². The van der Waals surface area contributed by atoms with Gasteiger partial charge in [-0.05, 0) is 42.3 Å². The summed E-state index contributed by atoms with van der Waals surface area (Å²) in [5.41, 5.74) is 1.51. The van der Waals surface area contributed by atoms with Crippen LogP contribution >= 0.6 is 11.6 Å². The molecule has 2 aromatic rings. The first-order valence-electron chi connectivity index (χ1n) is 8.34. The maximum atomic E-state index is 12.7. The number of hydrogen-bond acceptors (Lipinski definition) is 4. The average molecular weight is 373 g/mol. The van der Waals surface area contributed by atoms with Gasteiger partial charge < -0.3 is 19.7 Å². The topological polar surface area (TPSA) is 67.9 Å². The van der Waals surface area contributed by atoms with Crippen molar-refractivity contribution < 1.29 is 19.1 Å². The zero-order valence-corrected chi connectivity index (χ0v) is 14.7. The highest BCUT2D eigenvalue weighted by Gasteiger charge is 2.36. The van der Waals surface area contributed by atoms with Gasteiger partial charge in [-0.1, -0.05) is 23.7 Å². The van der Waals surface area contributed by atoms with Gasteiger partial charge in [0.05, 0.1) is 0 Å². The molecule has 0 spiro atoms. The molecule has 0 aliphatic carbocycles. The summed E-state index contributed by atoms with van der Waals surface area (Å²) in [6, 6.07) is 12.0. The maximum absolute atomic E-state index is 12.7. The van der Waals surface area contributed by atoms with E-state index in [9.17, 15) is 9.59 Å². The number of rotatable bonds is 4. The molecule has 1 fully saturated rings. The van der Waals surface area contributed by atoms with Crippen molar-refractivity contribution in [3.05, 3.63) is 53.1 Å². The van der Waals surface area contributed by atoms with E-state index < -0.39 is 6.04 Å². The fraction of sp³-hybridized carbons (Fsp3) is 0.263. The van der Waals surface area contributed by atoms with E-state index in [0.29, 0.717) is 41.6 Å². The number of ether oxygens (including phenoxy) is 2. The van der Waals surface area contributed by atoms with Gasteiger partial charge >= 0.3 is 0 Å². The predicted octanol–water partition coefficient (Wildman–Crippen LogP) is 3.20. The summed E-state index contributed by atoms with van der Waals surface area (Å²) in [4.78, 5) is 26.6. The Hall–Kier alpha value is -2.73. The third kappa shape index (κ3) is 3.32. The zero-order chi connectivity index (χ0) is 18.1. The molecule has 0 aromatic heterocycles. The third-order valence-corrected chi connectivity index (χ3v) is 4.75. The summed E-state index contributed by atoms with van der Waals surface area (Å²) in [5, 5.41) is 3.38. The smallest absolute Gasteiger partial charge is 0.247 e. The fourth-order valence-corrected chi connectivity index (χ4v) is 3.42. The minimum atomic E-state index is -0.507. The molecule has 134 valence electrons. The molecule has 7 heteroatoms. The number of carbonyl (C=O) groups is 2. The number of nitrogens with zero attached hydrogens (tertiary/aromatic N) is 1. The average Bonchev–Trinajstić information content (AvgIpc) is 3.22. The van der Waals surface area contributed by atoms with Crippen LogP contribution in [0.15, 0.2) is 42.5 Å².